The van der Waals surface area contributed by atoms with Crippen LogP contribution in [0, 0.1) is 5.92 Å². The molecule has 1 aromatic carbocycles. The summed E-state index contributed by atoms with van der Waals surface area (Å²) in [4.78, 5) is 22.7. The van der Waals surface area contributed by atoms with Crippen LogP contribution in [0.4, 0.5) is 5.69 Å². The van der Waals surface area contributed by atoms with Crippen LogP contribution < -0.4 is 5.73 Å². The first kappa shape index (κ1) is 11.4. The van der Waals surface area contributed by atoms with Gasteiger partial charge in [-0.15, -0.1) is 0 Å². The number of carbonyl (C=O) groups excluding carboxylic acids is 1. The molecule has 0 fully saturated rings. The molecule has 0 spiro atoms. The van der Waals surface area contributed by atoms with E-state index in [-0.39, 0.29) is 0 Å². The highest BCUT2D eigenvalue weighted by Gasteiger charge is 2.40. The zero-order valence-electron chi connectivity index (χ0n) is 9.34. The van der Waals surface area contributed by atoms with Crippen LogP contribution in [0.1, 0.15) is 35.4 Å². The molecule has 17 heavy (non-hydrogen) atoms. The number of fused-ring (bicyclic) bond motifs is 1. The second-order valence-electron chi connectivity index (χ2n) is 3.99. The molecule has 0 aliphatic carbocycles. The Morgan fingerprint density at radius 1 is 1.59 bits per heavy atom. The molecule has 0 amide bonds. The van der Waals surface area contributed by atoms with Crippen LogP contribution in [-0.2, 0) is 9.53 Å². The first-order valence-electron chi connectivity index (χ1n) is 5.38. The number of benzene rings is 1. The van der Waals surface area contributed by atoms with Crippen molar-refractivity contribution in [3.63, 3.8) is 0 Å². The quantitative estimate of drug-likeness (QED) is 0.613. The third kappa shape index (κ3) is 1.73. The van der Waals surface area contributed by atoms with Gasteiger partial charge in [0.25, 0.3) is 0 Å². The van der Waals surface area contributed by atoms with Crippen LogP contribution in [-0.4, -0.2) is 17.0 Å². The predicted molar refractivity (Wildman–Crippen MR) is 60.4 cm³/mol. The Morgan fingerprint density at radius 2 is 2.29 bits per heavy atom. The summed E-state index contributed by atoms with van der Waals surface area (Å²) >= 11 is 0. The van der Waals surface area contributed by atoms with Crippen LogP contribution in [0.25, 0.3) is 0 Å². The zero-order chi connectivity index (χ0) is 12.6. The van der Waals surface area contributed by atoms with Crippen molar-refractivity contribution in [1.82, 2.24) is 0 Å². The topological polar surface area (TPSA) is 89.6 Å². The van der Waals surface area contributed by atoms with Gasteiger partial charge in [0.05, 0.1) is 11.5 Å². The van der Waals surface area contributed by atoms with Gasteiger partial charge >= 0.3 is 11.9 Å². The molecule has 2 unspecified atom stereocenters. The van der Waals surface area contributed by atoms with E-state index in [0.717, 1.165) is 0 Å². The van der Waals surface area contributed by atoms with E-state index in [1.54, 1.807) is 25.1 Å². The van der Waals surface area contributed by atoms with Crippen LogP contribution >= 0.6 is 0 Å². The highest BCUT2D eigenvalue weighted by Crippen LogP contribution is 2.39. The van der Waals surface area contributed by atoms with Crippen molar-refractivity contribution >= 4 is 17.6 Å². The number of carbonyl (C=O) groups is 2. The lowest BCUT2D eigenvalue weighted by Crippen LogP contribution is -2.21. The number of carboxylic acid groups (broad SMARTS) is 1. The molecule has 1 aliphatic rings. The number of esters is 1. The number of hydrogen-bond acceptors (Lipinski definition) is 4. The number of anilines is 1. The number of rotatable bonds is 3. The summed E-state index contributed by atoms with van der Waals surface area (Å²) in [6.07, 6.45) is -0.342. The highest BCUT2D eigenvalue weighted by atomic mass is 16.6. The largest absolute Gasteiger partial charge is 0.481 e. The molecule has 0 saturated heterocycles. The Morgan fingerprint density at radius 3 is 2.88 bits per heavy atom. The Kier molecular flexibility index (Phi) is 2.75. The van der Waals surface area contributed by atoms with E-state index in [9.17, 15) is 9.59 Å². The zero-order valence-corrected chi connectivity index (χ0v) is 9.34. The molecular formula is C12H13NO4. The number of nitrogens with two attached hydrogens (primary N) is 1. The van der Waals surface area contributed by atoms with Crippen LogP contribution in [0.3, 0.4) is 0 Å². The van der Waals surface area contributed by atoms with E-state index in [1.807, 2.05) is 0 Å². The number of hydrogen-bond donors (Lipinski definition) is 2. The van der Waals surface area contributed by atoms with E-state index in [4.69, 9.17) is 15.6 Å². The van der Waals surface area contributed by atoms with Crippen molar-refractivity contribution < 1.29 is 19.4 Å². The summed E-state index contributed by atoms with van der Waals surface area (Å²) in [6.45, 7) is 1.75. The summed E-state index contributed by atoms with van der Waals surface area (Å²) in [5.41, 5.74) is 6.90. The van der Waals surface area contributed by atoms with Gasteiger partial charge in [0, 0.05) is 11.3 Å². The summed E-state index contributed by atoms with van der Waals surface area (Å²) < 4.78 is 5.13. The molecule has 5 nitrogen and oxygen atoms in total. The summed E-state index contributed by atoms with van der Waals surface area (Å²) in [5, 5.41) is 9.09. The van der Waals surface area contributed by atoms with Gasteiger partial charge in [-0.3, -0.25) is 4.79 Å². The normalized spacial score (nSPS) is 19.6. The minimum Gasteiger partial charge on any atom is -0.481 e. The lowest BCUT2D eigenvalue weighted by molar-refractivity contribution is -0.145. The number of carboxylic acids is 1. The fourth-order valence-electron chi connectivity index (χ4n) is 2.12. The lowest BCUT2D eigenvalue weighted by atomic mass is 9.92. The monoisotopic (exact) mass is 235 g/mol. The minimum absolute atomic E-state index is 0.303. The van der Waals surface area contributed by atoms with Gasteiger partial charge in [0.1, 0.15) is 6.10 Å². The van der Waals surface area contributed by atoms with Crippen molar-refractivity contribution in [1.29, 1.82) is 0 Å². The van der Waals surface area contributed by atoms with E-state index >= 15 is 0 Å². The van der Waals surface area contributed by atoms with Crippen molar-refractivity contribution in [3.05, 3.63) is 29.3 Å². The molecule has 0 saturated carbocycles. The van der Waals surface area contributed by atoms with Gasteiger partial charge in [0.2, 0.25) is 0 Å². The molecular weight excluding hydrogens is 222 g/mol. The van der Waals surface area contributed by atoms with E-state index in [0.29, 0.717) is 23.2 Å². The van der Waals surface area contributed by atoms with Crippen molar-refractivity contribution in [2.45, 2.75) is 19.4 Å². The third-order valence-corrected chi connectivity index (χ3v) is 3.00. The second kappa shape index (κ2) is 4.08. The van der Waals surface area contributed by atoms with E-state index in [2.05, 4.69) is 0 Å². The van der Waals surface area contributed by atoms with Gasteiger partial charge in [-0.2, -0.15) is 0 Å². The SMILES string of the molecule is CCC(C(=O)O)C1OC(=O)c2c(N)cccc21. The molecule has 90 valence electrons. The first-order valence-corrected chi connectivity index (χ1v) is 5.38. The summed E-state index contributed by atoms with van der Waals surface area (Å²) in [5.74, 6) is -2.25. The van der Waals surface area contributed by atoms with Crippen LogP contribution in [0.5, 0.6) is 0 Å². The Labute approximate surface area is 98.2 Å². The molecule has 0 bridgehead atoms. The third-order valence-electron chi connectivity index (χ3n) is 3.00. The number of aliphatic carboxylic acids is 1. The van der Waals surface area contributed by atoms with Gasteiger partial charge in [-0.05, 0) is 12.5 Å². The van der Waals surface area contributed by atoms with Crippen LogP contribution in [0.15, 0.2) is 18.2 Å². The lowest BCUT2D eigenvalue weighted by Gasteiger charge is -2.17. The maximum Gasteiger partial charge on any atom is 0.341 e. The fraction of sp³-hybridized carbons (Fsp3) is 0.333. The number of ether oxygens (including phenoxy) is 1. The average Bonchev–Trinajstić information content (AvgIpc) is 2.58. The van der Waals surface area contributed by atoms with Crippen molar-refractivity contribution in [2.24, 2.45) is 5.92 Å². The smallest absolute Gasteiger partial charge is 0.341 e. The minimum atomic E-state index is -0.972. The van der Waals surface area contributed by atoms with Gasteiger partial charge < -0.3 is 15.6 Å². The molecule has 5 heteroatoms. The maximum atomic E-state index is 11.6. The summed E-state index contributed by atoms with van der Waals surface area (Å²) in [6, 6.07) is 4.98. The number of nitrogen functional groups attached to an aromatic ring is 1. The van der Waals surface area contributed by atoms with E-state index in [1.165, 1.54) is 0 Å². The Bertz CT molecular complexity index is 483. The van der Waals surface area contributed by atoms with Gasteiger partial charge in [0.15, 0.2) is 0 Å². The Hall–Kier alpha value is -2.04. The van der Waals surface area contributed by atoms with Crippen molar-refractivity contribution in [3.8, 4) is 0 Å². The van der Waals surface area contributed by atoms with Crippen LogP contribution in [0.2, 0.25) is 0 Å². The van der Waals surface area contributed by atoms with E-state index < -0.39 is 24.0 Å². The highest BCUT2D eigenvalue weighted by molar-refractivity contribution is 5.99. The second-order valence-corrected chi connectivity index (χ2v) is 3.99. The Balaban J connectivity index is 2.47. The number of cyclic esters (lactones) is 1. The molecule has 0 aromatic heterocycles. The molecule has 1 aliphatic heterocycles. The molecule has 2 atom stereocenters. The standard InChI is InChI=1S/C12H13NO4/c1-2-6(11(14)15)10-7-4-3-5-8(13)9(7)12(16)17-10/h3-6,10H,2,13H2,1H3,(H,14,15). The molecule has 3 N–H and O–H groups in total. The van der Waals surface area contributed by atoms with Gasteiger partial charge in [-0.1, -0.05) is 19.1 Å². The predicted octanol–water partition coefficient (Wildman–Crippen LogP) is 1.59. The van der Waals surface area contributed by atoms with Crippen molar-refractivity contribution in [2.75, 3.05) is 5.73 Å². The molecule has 1 aromatic rings. The first-order chi connectivity index (χ1) is 8.06. The summed E-state index contributed by atoms with van der Waals surface area (Å²) in [7, 11) is 0. The average molecular weight is 235 g/mol. The molecule has 0 radical (unpaired) electrons. The maximum absolute atomic E-state index is 11.6. The molecule has 2 rings (SSSR count). The fourth-order valence-corrected chi connectivity index (χ4v) is 2.12. The van der Waals surface area contributed by atoms with Gasteiger partial charge in [-0.25, -0.2) is 4.79 Å². The molecule has 1 heterocycles.